The molecule has 1 aromatic carbocycles. The first-order valence-corrected chi connectivity index (χ1v) is 8.31. The predicted molar refractivity (Wildman–Crippen MR) is 85.2 cm³/mol. The van der Waals surface area contributed by atoms with Crippen LogP contribution in [0.25, 0.3) is 0 Å². The number of hydrogen-bond donors (Lipinski definition) is 1. The van der Waals surface area contributed by atoms with Crippen LogP contribution in [0, 0.1) is 0 Å². The van der Waals surface area contributed by atoms with E-state index < -0.39 is 0 Å². The lowest BCUT2D eigenvalue weighted by Crippen LogP contribution is -2.14. The largest absolute Gasteiger partial charge is 0.301 e. The van der Waals surface area contributed by atoms with Crippen LogP contribution < -0.4 is 5.32 Å². The molecule has 0 atom stereocenters. The Kier molecular flexibility index (Phi) is 4.58. The molecule has 1 aromatic heterocycles. The summed E-state index contributed by atoms with van der Waals surface area (Å²) in [4.78, 5) is 24.0. The van der Waals surface area contributed by atoms with Gasteiger partial charge in [0.2, 0.25) is 11.0 Å². The molecule has 0 saturated heterocycles. The Morgan fingerprint density at radius 2 is 1.95 bits per heavy atom. The second-order valence-electron chi connectivity index (χ2n) is 5.41. The minimum Gasteiger partial charge on any atom is -0.301 e. The Bertz CT molecular complexity index is 683. The van der Waals surface area contributed by atoms with Gasteiger partial charge in [-0.15, -0.1) is 10.2 Å². The lowest BCUT2D eigenvalue weighted by Gasteiger charge is -2.16. The summed E-state index contributed by atoms with van der Waals surface area (Å²) in [5, 5.41) is 10.5. The van der Waals surface area contributed by atoms with E-state index in [1.54, 1.807) is 5.51 Å². The molecular formula is C16H17N3O2S. The van der Waals surface area contributed by atoms with Crippen molar-refractivity contribution in [3.63, 3.8) is 0 Å². The van der Waals surface area contributed by atoms with E-state index in [9.17, 15) is 9.59 Å². The Morgan fingerprint density at radius 1 is 1.14 bits per heavy atom. The molecule has 114 valence electrons. The fraction of sp³-hybridized carbons (Fsp3) is 0.375. The van der Waals surface area contributed by atoms with Crippen molar-refractivity contribution in [2.75, 3.05) is 5.32 Å². The standard InChI is InChI=1S/C16H17N3O2S/c20-14(7-8-15(21)18-16-19-17-10-22-16)13-6-5-11-3-1-2-4-12(11)9-13/h5-6,9-10H,1-4,7-8H2,(H,18,19,21). The second-order valence-corrected chi connectivity index (χ2v) is 6.24. The average molecular weight is 315 g/mol. The number of nitrogens with zero attached hydrogens (tertiary/aromatic N) is 2. The zero-order valence-electron chi connectivity index (χ0n) is 12.2. The molecule has 0 spiro atoms. The van der Waals surface area contributed by atoms with E-state index in [1.807, 2.05) is 12.1 Å². The van der Waals surface area contributed by atoms with E-state index >= 15 is 0 Å². The van der Waals surface area contributed by atoms with Crippen molar-refractivity contribution in [3.8, 4) is 0 Å². The van der Waals surface area contributed by atoms with Crippen LogP contribution in [0.1, 0.15) is 47.2 Å². The molecule has 6 heteroatoms. The maximum Gasteiger partial charge on any atom is 0.226 e. The molecule has 1 aliphatic rings. The average Bonchev–Trinajstić information content (AvgIpc) is 3.05. The predicted octanol–water partition coefficient (Wildman–Crippen LogP) is 3.02. The van der Waals surface area contributed by atoms with Gasteiger partial charge in [0, 0.05) is 18.4 Å². The van der Waals surface area contributed by atoms with Crippen molar-refractivity contribution in [1.29, 1.82) is 0 Å². The third-order valence-corrected chi connectivity index (χ3v) is 4.46. The molecule has 0 saturated carbocycles. The van der Waals surface area contributed by atoms with E-state index in [0.717, 1.165) is 12.8 Å². The lowest BCUT2D eigenvalue weighted by atomic mass is 9.89. The van der Waals surface area contributed by atoms with Gasteiger partial charge in [-0.25, -0.2) is 0 Å². The van der Waals surface area contributed by atoms with Crippen molar-refractivity contribution < 1.29 is 9.59 Å². The maximum absolute atomic E-state index is 12.2. The quantitative estimate of drug-likeness (QED) is 0.861. The molecule has 1 N–H and O–H groups in total. The van der Waals surface area contributed by atoms with Crippen molar-refractivity contribution in [3.05, 3.63) is 40.4 Å². The molecule has 1 heterocycles. The monoisotopic (exact) mass is 315 g/mol. The molecule has 0 unspecified atom stereocenters. The van der Waals surface area contributed by atoms with E-state index in [4.69, 9.17) is 0 Å². The number of amides is 1. The van der Waals surface area contributed by atoms with Gasteiger partial charge in [0.25, 0.3) is 0 Å². The van der Waals surface area contributed by atoms with Gasteiger partial charge in [-0.1, -0.05) is 23.5 Å². The van der Waals surface area contributed by atoms with Gasteiger partial charge < -0.3 is 5.32 Å². The molecule has 1 amide bonds. The number of ketones is 1. The second kappa shape index (κ2) is 6.79. The summed E-state index contributed by atoms with van der Waals surface area (Å²) in [7, 11) is 0. The van der Waals surface area contributed by atoms with Gasteiger partial charge >= 0.3 is 0 Å². The van der Waals surface area contributed by atoms with E-state index in [1.165, 1.54) is 35.3 Å². The van der Waals surface area contributed by atoms with E-state index in [2.05, 4.69) is 21.6 Å². The van der Waals surface area contributed by atoms with Gasteiger partial charge in [-0.3, -0.25) is 9.59 Å². The summed E-state index contributed by atoms with van der Waals surface area (Å²) < 4.78 is 0. The highest BCUT2D eigenvalue weighted by atomic mass is 32.1. The minimum absolute atomic E-state index is 0.0146. The van der Waals surface area contributed by atoms with Crippen LogP contribution >= 0.6 is 11.3 Å². The summed E-state index contributed by atoms with van der Waals surface area (Å²) in [5.41, 5.74) is 4.91. The van der Waals surface area contributed by atoms with Crippen LogP contribution in [0.15, 0.2) is 23.7 Å². The summed E-state index contributed by atoms with van der Waals surface area (Å²) in [6.45, 7) is 0. The van der Waals surface area contributed by atoms with Crippen LogP contribution in [0.3, 0.4) is 0 Å². The number of aromatic nitrogens is 2. The molecule has 22 heavy (non-hydrogen) atoms. The fourth-order valence-electron chi connectivity index (χ4n) is 2.69. The number of carbonyl (C=O) groups is 2. The first-order chi connectivity index (χ1) is 10.7. The lowest BCUT2D eigenvalue weighted by molar-refractivity contribution is -0.116. The van der Waals surface area contributed by atoms with Crippen molar-refractivity contribution in [1.82, 2.24) is 10.2 Å². The normalized spacial score (nSPS) is 13.5. The number of Topliss-reactive ketones (excluding diaryl/α,β-unsaturated/α-hetero) is 1. The van der Waals surface area contributed by atoms with Crippen LogP contribution in [0.4, 0.5) is 5.13 Å². The van der Waals surface area contributed by atoms with E-state index in [-0.39, 0.29) is 24.5 Å². The maximum atomic E-state index is 12.2. The molecule has 1 aliphatic carbocycles. The Balaban J connectivity index is 1.56. The number of hydrogen-bond acceptors (Lipinski definition) is 5. The van der Waals surface area contributed by atoms with Crippen molar-refractivity contribution in [2.24, 2.45) is 0 Å². The van der Waals surface area contributed by atoms with Crippen molar-refractivity contribution in [2.45, 2.75) is 38.5 Å². The molecule has 0 radical (unpaired) electrons. The van der Waals surface area contributed by atoms with Crippen molar-refractivity contribution >= 4 is 28.2 Å². The number of benzene rings is 1. The van der Waals surface area contributed by atoms with Crippen LogP contribution in [-0.2, 0) is 17.6 Å². The highest BCUT2D eigenvalue weighted by molar-refractivity contribution is 7.13. The molecule has 5 nitrogen and oxygen atoms in total. The van der Waals surface area contributed by atoms with Gasteiger partial charge in [-0.2, -0.15) is 0 Å². The van der Waals surface area contributed by atoms with Gasteiger partial charge in [-0.05, 0) is 42.9 Å². The third kappa shape index (κ3) is 3.57. The molecule has 0 bridgehead atoms. The van der Waals surface area contributed by atoms with Crippen LogP contribution in [0.5, 0.6) is 0 Å². The number of aryl methyl sites for hydroxylation is 2. The first-order valence-electron chi connectivity index (χ1n) is 7.43. The van der Waals surface area contributed by atoms with Gasteiger partial charge in [0.05, 0.1) is 0 Å². The number of anilines is 1. The number of fused-ring (bicyclic) bond motifs is 1. The third-order valence-electron chi connectivity index (χ3n) is 3.86. The smallest absolute Gasteiger partial charge is 0.226 e. The number of nitrogens with one attached hydrogen (secondary N) is 1. The SMILES string of the molecule is O=C(CCC(=O)c1ccc2c(c1)CCCC2)Nc1nncs1. The molecule has 2 aromatic rings. The summed E-state index contributed by atoms with van der Waals surface area (Å²) >= 11 is 1.26. The highest BCUT2D eigenvalue weighted by Crippen LogP contribution is 2.23. The van der Waals surface area contributed by atoms with E-state index in [0.29, 0.717) is 10.7 Å². The molecule has 0 fully saturated rings. The Hall–Kier alpha value is -2.08. The summed E-state index contributed by atoms with van der Waals surface area (Å²) in [6, 6.07) is 5.94. The Morgan fingerprint density at radius 3 is 2.73 bits per heavy atom. The summed E-state index contributed by atoms with van der Waals surface area (Å²) in [6.07, 6.45) is 4.95. The number of carbonyl (C=O) groups excluding carboxylic acids is 2. The zero-order valence-corrected chi connectivity index (χ0v) is 13.0. The zero-order chi connectivity index (χ0) is 15.4. The van der Waals surface area contributed by atoms with Gasteiger partial charge in [0.1, 0.15) is 5.51 Å². The summed E-state index contributed by atoms with van der Waals surface area (Å²) in [5.74, 6) is -0.191. The Labute approximate surface area is 132 Å². The minimum atomic E-state index is -0.205. The fourth-order valence-corrected chi connectivity index (χ4v) is 3.15. The topological polar surface area (TPSA) is 72.0 Å². The molecule has 3 rings (SSSR count). The van der Waals surface area contributed by atoms with Crippen LogP contribution in [-0.4, -0.2) is 21.9 Å². The first kappa shape index (κ1) is 14.8. The van der Waals surface area contributed by atoms with Gasteiger partial charge in [0.15, 0.2) is 5.78 Å². The molecule has 0 aliphatic heterocycles. The highest BCUT2D eigenvalue weighted by Gasteiger charge is 2.14. The van der Waals surface area contributed by atoms with Crippen LogP contribution in [0.2, 0.25) is 0 Å². The number of rotatable bonds is 5. The molecular weight excluding hydrogens is 298 g/mol.